The van der Waals surface area contributed by atoms with Crippen molar-refractivity contribution in [3.8, 4) is 5.75 Å². The number of amides is 1. The van der Waals surface area contributed by atoms with E-state index in [0.29, 0.717) is 26.1 Å². The maximum Gasteiger partial charge on any atom is 0.236 e. The van der Waals surface area contributed by atoms with Gasteiger partial charge in [-0.15, -0.1) is 0 Å². The zero-order valence-electron chi connectivity index (χ0n) is 20.2. The van der Waals surface area contributed by atoms with Crippen molar-refractivity contribution in [3.05, 3.63) is 65.2 Å². The van der Waals surface area contributed by atoms with Crippen LogP contribution < -0.4 is 4.74 Å². The highest BCUT2D eigenvalue weighted by molar-refractivity contribution is 7.91. The van der Waals surface area contributed by atoms with Crippen molar-refractivity contribution in [2.75, 3.05) is 51.3 Å². The number of nitrogens with zero attached hydrogens (tertiary/aromatic N) is 3. The summed E-state index contributed by atoms with van der Waals surface area (Å²) in [4.78, 5) is 19.6. The molecule has 1 amide bonds. The molecule has 2 aliphatic heterocycles. The van der Waals surface area contributed by atoms with E-state index in [1.54, 1.807) is 7.11 Å². The van der Waals surface area contributed by atoms with E-state index >= 15 is 0 Å². The Morgan fingerprint density at radius 2 is 1.76 bits per heavy atom. The van der Waals surface area contributed by atoms with Crippen LogP contribution in [-0.4, -0.2) is 86.4 Å². The maximum absolute atomic E-state index is 13.2. The highest BCUT2D eigenvalue weighted by Gasteiger charge is 2.34. The second-order valence-corrected chi connectivity index (χ2v) is 11.6. The lowest BCUT2D eigenvalue weighted by molar-refractivity contribution is -0.134. The SMILES string of the molecule is COc1ccc(CN(CC(=O)N2CCN(Cc3ccccc3C)CC2)C2CCS(=O)(=O)C2)cc1. The lowest BCUT2D eigenvalue weighted by Gasteiger charge is -2.37. The lowest BCUT2D eigenvalue weighted by Crippen LogP contribution is -2.52. The lowest BCUT2D eigenvalue weighted by atomic mass is 10.1. The van der Waals surface area contributed by atoms with Crippen LogP contribution in [0.1, 0.15) is 23.1 Å². The van der Waals surface area contributed by atoms with Gasteiger partial charge in [-0.3, -0.25) is 14.6 Å². The van der Waals surface area contributed by atoms with Crippen LogP contribution in [0.2, 0.25) is 0 Å². The van der Waals surface area contributed by atoms with E-state index in [0.717, 1.165) is 30.9 Å². The summed E-state index contributed by atoms with van der Waals surface area (Å²) in [5, 5.41) is 0. The Bertz CT molecular complexity index is 1080. The van der Waals surface area contributed by atoms with Crippen LogP contribution in [0.3, 0.4) is 0 Å². The first kappa shape index (κ1) is 24.7. The Hall–Kier alpha value is -2.42. The van der Waals surface area contributed by atoms with Gasteiger partial charge in [0, 0.05) is 45.3 Å². The third kappa shape index (κ3) is 6.37. The molecule has 184 valence electrons. The molecule has 2 aliphatic rings. The fourth-order valence-electron chi connectivity index (χ4n) is 4.80. The van der Waals surface area contributed by atoms with Gasteiger partial charge in [-0.2, -0.15) is 0 Å². The Morgan fingerprint density at radius 1 is 1.06 bits per heavy atom. The minimum Gasteiger partial charge on any atom is -0.497 e. The van der Waals surface area contributed by atoms with Crippen LogP contribution in [0.5, 0.6) is 5.75 Å². The number of carbonyl (C=O) groups is 1. The molecule has 2 aromatic rings. The van der Waals surface area contributed by atoms with E-state index in [-0.39, 0.29) is 30.0 Å². The average molecular weight is 486 g/mol. The van der Waals surface area contributed by atoms with Crippen LogP contribution in [0.25, 0.3) is 0 Å². The first-order valence-electron chi connectivity index (χ1n) is 11.9. The summed E-state index contributed by atoms with van der Waals surface area (Å²) >= 11 is 0. The van der Waals surface area contributed by atoms with Crippen LogP contribution in [0.15, 0.2) is 48.5 Å². The molecule has 4 rings (SSSR count). The van der Waals surface area contributed by atoms with E-state index < -0.39 is 9.84 Å². The minimum atomic E-state index is -3.04. The van der Waals surface area contributed by atoms with Gasteiger partial charge in [0.2, 0.25) is 5.91 Å². The van der Waals surface area contributed by atoms with E-state index in [9.17, 15) is 13.2 Å². The normalized spacial score (nSPS) is 20.6. The van der Waals surface area contributed by atoms with Gasteiger partial charge in [0.25, 0.3) is 0 Å². The van der Waals surface area contributed by atoms with Crippen molar-refractivity contribution in [1.29, 1.82) is 0 Å². The molecule has 8 heteroatoms. The molecule has 2 heterocycles. The highest BCUT2D eigenvalue weighted by atomic mass is 32.2. The summed E-state index contributed by atoms with van der Waals surface area (Å²) in [5.74, 6) is 1.18. The van der Waals surface area contributed by atoms with E-state index in [2.05, 4.69) is 36.1 Å². The van der Waals surface area contributed by atoms with Crippen LogP contribution in [0.4, 0.5) is 0 Å². The van der Waals surface area contributed by atoms with E-state index in [4.69, 9.17) is 4.74 Å². The second kappa shape index (κ2) is 10.9. The van der Waals surface area contributed by atoms with E-state index in [1.807, 2.05) is 34.1 Å². The zero-order chi connectivity index (χ0) is 24.1. The molecule has 34 heavy (non-hydrogen) atoms. The molecule has 7 nitrogen and oxygen atoms in total. The van der Waals surface area contributed by atoms with Gasteiger partial charge in [0.1, 0.15) is 5.75 Å². The summed E-state index contributed by atoms with van der Waals surface area (Å²) in [7, 11) is -1.41. The highest BCUT2D eigenvalue weighted by Crippen LogP contribution is 2.22. The molecule has 0 aliphatic carbocycles. The number of piperazine rings is 1. The number of benzene rings is 2. The predicted molar refractivity (Wildman–Crippen MR) is 133 cm³/mol. The molecule has 1 atom stereocenters. The number of methoxy groups -OCH3 is 1. The van der Waals surface area contributed by atoms with Gasteiger partial charge in [-0.1, -0.05) is 36.4 Å². The first-order valence-corrected chi connectivity index (χ1v) is 13.8. The largest absolute Gasteiger partial charge is 0.497 e. The fraction of sp³-hybridized carbons (Fsp3) is 0.500. The molecule has 0 N–H and O–H groups in total. The van der Waals surface area contributed by atoms with Gasteiger partial charge in [0.15, 0.2) is 9.84 Å². The van der Waals surface area contributed by atoms with Crippen molar-refractivity contribution in [2.24, 2.45) is 0 Å². The number of hydrogen-bond acceptors (Lipinski definition) is 6. The predicted octanol–water partition coefficient (Wildman–Crippen LogP) is 2.34. The molecule has 0 saturated carbocycles. The van der Waals surface area contributed by atoms with Gasteiger partial charge in [-0.05, 0) is 42.2 Å². The molecule has 0 spiro atoms. The monoisotopic (exact) mass is 485 g/mol. The minimum absolute atomic E-state index is 0.0772. The molecule has 1 unspecified atom stereocenters. The average Bonchev–Trinajstić information content (AvgIpc) is 3.20. The smallest absolute Gasteiger partial charge is 0.236 e. The quantitative estimate of drug-likeness (QED) is 0.572. The Kier molecular flexibility index (Phi) is 7.91. The number of rotatable bonds is 8. The van der Waals surface area contributed by atoms with Gasteiger partial charge >= 0.3 is 0 Å². The van der Waals surface area contributed by atoms with Crippen molar-refractivity contribution >= 4 is 15.7 Å². The summed E-state index contributed by atoms with van der Waals surface area (Å²) in [5.41, 5.74) is 3.66. The third-order valence-electron chi connectivity index (χ3n) is 6.99. The van der Waals surface area contributed by atoms with Crippen LogP contribution >= 0.6 is 0 Å². The number of ether oxygens (including phenoxy) is 1. The van der Waals surface area contributed by atoms with Gasteiger partial charge in [0.05, 0.1) is 25.2 Å². The van der Waals surface area contributed by atoms with Crippen LogP contribution in [-0.2, 0) is 27.7 Å². The summed E-state index contributed by atoms with van der Waals surface area (Å²) in [6.45, 7) is 6.90. The number of carbonyl (C=O) groups excluding carboxylic acids is 1. The van der Waals surface area contributed by atoms with Crippen LogP contribution in [0, 0.1) is 6.92 Å². The third-order valence-corrected chi connectivity index (χ3v) is 8.74. The molecule has 2 aromatic carbocycles. The molecule has 0 bridgehead atoms. The van der Waals surface area contributed by atoms with Crippen molar-refractivity contribution < 1.29 is 17.9 Å². The molecular formula is C26H35N3O4S. The molecule has 2 saturated heterocycles. The fourth-order valence-corrected chi connectivity index (χ4v) is 6.56. The van der Waals surface area contributed by atoms with Crippen molar-refractivity contribution in [1.82, 2.24) is 14.7 Å². The molecule has 2 fully saturated rings. The number of aryl methyl sites for hydroxylation is 1. The first-order chi connectivity index (χ1) is 16.3. The maximum atomic E-state index is 13.2. The Morgan fingerprint density at radius 3 is 2.38 bits per heavy atom. The van der Waals surface area contributed by atoms with E-state index in [1.165, 1.54) is 11.1 Å². The Labute approximate surface area is 203 Å². The number of sulfone groups is 1. The number of hydrogen-bond donors (Lipinski definition) is 0. The van der Waals surface area contributed by atoms with Gasteiger partial charge in [-0.25, -0.2) is 8.42 Å². The molecular weight excluding hydrogens is 450 g/mol. The standard InChI is InChI=1S/C26H35N3O4S/c1-21-5-3-4-6-23(21)18-27-12-14-28(15-13-27)26(30)19-29(24-11-16-34(31,32)20-24)17-22-7-9-25(33-2)10-8-22/h3-10,24H,11-20H2,1-2H3. The van der Waals surface area contributed by atoms with Crippen molar-refractivity contribution in [2.45, 2.75) is 32.5 Å². The summed E-state index contributed by atoms with van der Waals surface area (Å²) in [6, 6.07) is 16.1. The van der Waals surface area contributed by atoms with Gasteiger partial charge < -0.3 is 9.64 Å². The summed E-state index contributed by atoms with van der Waals surface area (Å²) in [6.07, 6.45) is 0.579. The zero-order valence-corrected chi connectivity index (χ0v) is 21.0. The summed E-state index contributed by atoms with van der Waals surface area (Å²) < 4.78 is 29.5. The molecule has 0 radical (unpaired) electrons. The Balaban J connectivity index is 1.36. The second-order valence-electron chi connectivity index (χ2n) is 9.39. The molecule has 0 aromatic heterocycles. The van der Waals surface area contributed by atoms with Crippen molar-refractivity contribution in [3.63, 3.8) is 0 Å². The topological polar surface area (TPSA) is 70.2 Å².